The van der Waals surface area contributed by atoms with Gasteiger partial charge in [0, 0.05) is 178 Å². The summed E-state index contributed by atoms with van der Waals surface area (Å²) in [5, 5.41) is 23.7. The van der Waals surface area contributed by atoms with Crippen LogP contribution in [0.2, 0.25) is 20.1 Å². The van der Waals surface area contributed by atoms with E-state index in [1.54, 1.807) is 6.20 Å². The van der Waals surface area contributed by atoms with Gasteiger partial charge in [-0.3, -0.25) is 0 Å². The summed E-state index contributed by atoms with van der Waals surface area (Å²) in [7, 11) is 2.08. The van der Waals surface area contributed by atoms with Crippen LogP contribution in [0.4, 0.5) is 0 Å². The normalized spacial score (nSPS) is 10.6. The lowest BCUT2D eigenvalue weighted by Gasteiger charge is -2.07. The number of hydrogen-bond donors (Lipinski definition) is 8. The lowest BCUT2D eigenvalue weighted by Crippen LogP contribution is -1.97. The summed E-state index contributed by atoms with van der Waals surface area (Å²) in [6, 6.07) is 57.0. The third kappa shape index (κ3) is 19.8. The van der Waals surface area contributed by atoms with Gasteiger partial charge in [0.05, 0.1) is 26.6 Å². The fourth-order valence-corrected chi connectivity index (χ4v) is 14.4. The molecule has 9 aromatic carbocycles. The predicted molar refractivity (Wildman–Crippen MR) is 467 cm³/mol. The molecule has 0 saturated carbocycles. The first-order valence-electron chi connectivity index (χ1n) is 32.9. The molecule has 0 aliphatic carbocycles. The van der Waals surface area contributed by atoms with Crippen LogP contribution in [0.25, 0.3) is 98.1 Å². The quantitative estimate of drug-likeness (QED) is 0.0815. The van der Waals surface area contributed by atoms with E-state index in [1.165, 1.54) is 104 Å². The number of rotatable bonds is 1. The van der Waals surface area contributed by atoms with E-state index in [0.29, 0.717) is 11.8 Å². The van der Waals surface area contributed by atoms with Crippen LogP contribution in [0.5, 0.6) is 5.75 Å². The van der Waals surface area contributed by atoms with E-state index < -0.39 is 0 Å². The Labute approximate surface area is 662 Å². The molecule has 0 unspecified atom stereocenters. The molecule has 8 N–H and O–H groups in total. The van der Waals surface area contributed by atoms with Crippen LogP contribution in [-0.2, 0) is 7.05 Å². The third-order valence-corrected chi connectivity index (χ3v) is 21.2. The number of hydrogen-bond acceptors (Lipinski definition) is 1. The summed E-state index contributed by atoms with van der Waals surface area (Å²) in [6.45, 7) is 20.9. The molecular weight excluding hydrogens is 1640 g/mol. The lowest BCUT2D eigenvalue weighted by atomic mass is 10.2. The summed E-state index contributed by atoms with van der Waals surface area (Å²) < 4.78 is 8.55. The van der Waals surface area contributed by atoms with Gasteiger partial charge >= 0.3 is 0 Å². The molecule has 18 rings (SSSR count). The van der Waals surface area contributed by atoms with Gasteiger partial charge in [-0.1, -0.05) is 160 Å². The van der Waals surface area contributed by atoms with E-state index in [0.717, 1.165) is 76.3 Å². The number of halogens is 8. The molecular formula is C86H87Br4Cl4N9O. The minimum Gasteiger partial charge on any atom is -0.506 e. The first-order valence-corrected chi connectivity index (χ1v) is 37.6. The average molecular weight is 1720 g/mol. The number of benzene rings is 9. The second-order valence-electron chi connectivity index (χ2n) is 25.1. The number of H-pyrrole nitrogens is 7. The molecule has 0 aliphatic rings. The molecule has 9 heterocycles. The van der Waals surface area contributed by atoms with Gasteiger partial charge in [-0.15, -0.1) is 0 Å². The van der Waals surface area contributed by atoms with Crippen molar-refractivity contribution in [2.24, 2.45) is 7.05 Å². The van der Waals surface area contributed by atoms with E-state index in [2.05, 4.69) is 250 Å². The van der Waals surface area contributed by atoms with E-state index in [1.807, 2.05) is 153 Å². The Morgan fingerprint density at radius 1 is 0.356 bits per heavy atom. The van der Waals surface area contributed by atoms with E-state index in [9.17, 15) is 5.11 Å². The van der Waals surface area contributed by atoms with Crippen molar-refractivity contribution >= 4 is 208 Å². The monoisotopic (exact) mass is 1720 g/mol. The maximum Gasteiger partial charge on any atom is 0.141 e. The number of fused-ring (bicyclic) bond motifs is 9. The molecule has 0 radical (unpaired) electrons. The lowest BCUT2D eigenvalue weighted by molar-refractivity contribution is 0.475. The van der Waals surface area contributed by atoms with Crippen LogP contribution < -0.4 is 0 Å². The molecule has 18 heteroatoms. The molecule has 0 amide bonds. The van der Waals surface area contributed by atoms with Crippen LogP contribution in [0.3, 0.4) is 0 Å². The average Bonchev–Trinajstić information content (AvgIpc) is 1.60. The Bertz CT molecular complexity index is 5570. The van der Waals surface area contributed by atoms with Crippen molar-refractivity contribution in [3.63, 3.8) is 0 Å². The van der Waals surface area contributed by atoms with Gasteiger partial charge in [0.2, 0.25) is 0 Å². The first-order chi connectivity index (χ1) is 48.8. The number of nitrogens with one attached hydrogen (secondary N) is 7. The Hall–Kier alpha value is -8.28. The van der Waals surface area contributed by atoms with Crippen molar-refractivity contribution < 1.29 is 5.11 Å². The van der Waals surface area contributed by atoms with Gasteiger partial charge in [-0.2, -0.15) is 0 Å². The number of aryl methyl sites for hydroxylation is 9. The van der Waals surface area contributed by atoms with Crippen molar-refractivity contribution in [2.75, 3.05) is 0 Å². The molecule has 9 aromatic heterocycles. The first kappa shape index (κ1) is 81.4. The highest BCUT2D eigenvalue weighted by atomic mass is 79.9. The summed E-state index contributed by atoms with van der Waals surface area (Å²) in [6.07, 6.45) is 17.9. The van der Waals surface area contributed by atoms with Crippen LogP contribution in [0.15, 0.2) is 244 Å². The molecule has 0 spiro atoms. The molecule has 10 nitrogen and oxygen atoms in total. The van der Waals surface area contributed by atoms with Gasteiger partial charge in [-0.25, -0.2) is 0 Å². The van der Waals surface area contributed by atoms with E-state index >= 15 is 0 Å². The van der Waals surface area contributed by atoms with E-state index in [4.69, 9.17) is 46.4 Å². The standard InChI is InChI=1S/C11H13NO.C10H11N.C9H7BrClN.3C9H8BrN.3C9H8ClN.2CH4/c1-8(2)12-7-11(13)9-5-3-4-6-10(9)12;1-8-7-11(2)10-6-4-3-5-9(8)10;1-5-4-12-7-3-2-6(10)9(11)8(5)7;1-6-5-11-9-3-2-7(10)4-8(6)9;1-6-5-11-9-4-7(10)2-3-8(6)9;1-6-5-11-9-7(6)3-2-4-8(9)10;1-6-5-11-9-3-2-7(10)4-8(6)9;1-6-5-11-9-4-7(10)2-3-8(6)9;1-6-5-11-9-7(6)3-2-4-8(9)10;;/h3-8,13H,1-2H3;3-7H,1-2H3;2-4,12H,1H3;6*2-5,11H,1H3;2*1H4. The van der Waals surface area contributed by atoms with Crippen molar-refractivity contribution in [1.29, 1.82) is 0 Å². The predicted octanol–water partition coefficient (Wildman–Crippen LogP) is 29.7. The number of aromatic nitrogens is 9. The largest absolute Gasteiger partial charge is 0.506 e. The van der Waals surface area contributed by atoms with Gasteiger partial charge in [0.25, 0.3) is 0 Å². The summed E-state index contributed by atoms with van der Waals surface area (Å²) in [5.74, 6) is 0.365. The maximum atomic E-state index is 9.62. The maximum absolute atomic E-state index is 9.62. The van der Waals surface area contributed by atoms with Crippen LogP contribution in [0, 0.1) is 55.4 Å². The van der Waals surface area contributed by atoms with Crippen molar-refractivity contribution in [2.45, 2.75) is 90.1 Å². The number of aromatic amines is 7. The van der Waals surface area contributed by atoms with Crippen LogP contribution in [-0.4, -0.2) is 49.1 Å². The fourth-order valence-electron chi connectivity index (χ4n) is 11.9. The minimum absolute atomic E-state index is 0. The van der Waals surface area contributed by atoms with Gasteiger partial charge in [0.15, 0.2) is 0 Å². The molecule has 538 valence electrons. The topological polar surface area (TPSA) is 141 Å². The molecule has 18 aromatic rings. The van der Waals surface area contributed by atoms with E-state index in [-0.39, 0.29) is 14.9 Å². The Morgan fingerprint density at radius 2 is 0.798 bits per heavy atom. The Morgan fingerprint density at radius 3 is 1.41 bits per heavy atom. The molecule has 0 fully saturated rings. The SMILES string of the molecule is C.C.CC(C)n1cc(O)c2ccccc21.Cc1c[nH]c2c(Br)cccc12.Cc1c[nH]c2c(Cl)cccc12.Cc1c[nH]c2cc(Br)ccc12.Cc1c[nH]c2cc(Cl)ccc12.Cc1c[nH]c2ccc(Br)c(Cl)c12.Cc1c[nH]c2ccc(Br)cc12.Cc1c[nH]c2ccc(Cl)cc12.Cc1cn(C)c2ccccc12. The van der Waals surface area contributed by atoms with Crippen molar-refractivity contribution in [3.05, 3.63) is 308 Å². The molecule has 0 bridgehead atoms. The van der Waals surface area contributed by atoms with Gasteiger partial charge < -0.3 is 49.1 Å². The highest BCUT2D eigenvalue weighted by Gasteiger charge is 2.10. The zero-order valence-electron chi connectivity index (χ0n) is 58.3. The second-order valence-corrected chi connectivity index (χ2v) is 30.3. The molecule has 0 aliphatic heterocycles. The molecule has 0 saturated heterocycles. The van der Waals surface area contributed by atoms with Gasteiger partial charge in [0.1, 0.15) is 5.75 Å². The fraction of sp³-hybridized carbons (Fsp3) is 0.163. The Balaban J connectivity index is 0.000000148. The highest BCUT2D eigenvalue weighted by Crippen LogP contribution is 2.34. The number of para-hydroxylation sites is 4. The van der Waals surface area contributed by atoms with Crippen molar-refractivity contribution in [3.8, 4) is 5.75 Å². The highest BCUT2D eigenvalue weighted by molar-refractivity contribution is 9.11. The second kappa shape index (κ2) is 37.1. The van der Waals surface area contributed by atoms with Crippen molar-refractivity contribution in [1.82, 2.24) is 44.0 Å². The summed E-state index contributed by atoms with van der Waals surface area (Å²) in [4.78, 5) is 22.2. The minimum atomic E-state index is 0. The summed E-state index contributed by atoms with van der Waals surface area (Å²) in [5.41, 5.74) is 20.5. The third-order valence-electron chi connectivity index (χ3n) is 17.5. The zero-order chi connectivity index (χ0) is 73.1. The molecule has 104 heavy (non-hydrogen) atoms. The summed E-state index contributed by atoms with van der Waals surface area (Å²) >= 11 is 37.4. The Kier molecular flexibility index (Phi) is 29.0. The zero-order valence-corrected chi connectivity index (χ0v) is 67.7. The number of nitrogens with zero attached hydrogens (tertiary/aromatic N) is 2. The number of aromatic hydroxyl groups is 1. The van der Waals surface area contributed by atoms with Crippen LogP contribution in [0.1, 0.15) is 79.3 Å². The smallest absolute Gasteiger partial charge is 0.141 e. The van der Waals surface area contributed by atoms with Gasteiger partial charge in [-0.05, 0) is 249 Å². The molecule has 0 atom stereocenters. The van der Waals surface area contributed by atoms with Crippen LogP contribution >= 0.6 is 110 Å².